The maximum atomic E-state index is 12.5. The maximum Gasteiger partial charge on any atom is 0.323 e. The average Bonchev–Trinajstić information content (AvgIpc) is 2.73. The van der Waals surface area contributed by atoms with E-state index in [9.17, 15) is 9.90 Å². The third-order valence-electron chi connectivity index (χ3n) is 5.10. The molecule has 0 amide bonds. The van der Waals surface area contributed by atoms with Gasteiger partial charge in [-0.1, -0.05) is 56.7 Å². The molecular weight excluding hydrogens is 390 g/mol. The van der Waals surface area contributed by atoms with Crippen LogP contribution in [0.5, 0.6) is 5.75 Å². The number of ether oxygens (including phenoxy) is 1. The molecule has 1 aliphatic carbocycles. The van der Waals surface area contributed by atoms with E-state index in [1.807, 2.05) is 0 Å². The van der Waals surface area contributed by atoms with Gasteiger partial charge in [-0.2, -0.15) is 5.11 Å². The molecule has 6 heteroatoms. The minimum Gasteiger partial charge on any atom is -0.506 e. The maximum absolute atomic E-state index is 12.5. The van der Waals surface area contributed by atoms with Crippen LogP contribution in [-0.4, -0.2) is 23.2 Å². The van der Waals surface area contributed by atoms with E-state index in [0.717, 1.165) is 31.2 Å². The van der Waals surface area contributed by atoms with E-state index in [2.05, 4.69) is 23.4 Å². The molecule has 1 fully saturated rings. The van der Waals surface area contributed by atoms with Crippen LogP contribution in [0.2, 0.25) is 0 Å². The number of nitrogens with two attached hydrogens (primary N) is 1. The van der Waals surface area contributed by atoms with Crippen molar-refractivity contribution in [3.05, 3.63) is 73.0 Å². The predicted molar refractivity (Wildman–Crippen MR) is 124 cm³/mol. The summed E-state index contributed by atoms with van der Waals surface area (Å²) in [5.41, 5.74) is 7.73. The van der Waals surface area contributed by atoms with E-state index in [4.69, 9.17) is 10.5 Å². The van der Waals surface area contributed by atoms with Gasteiger partial charge in [0.1, 0.15) is 23.6 Å². The summed E-state index contributed by atoms with van der Waals surface area (Å²) in [7, 11) is 0. The molecule has 0 saturated heterocycles. The normalized spacial score (nSPS) is 17.3. The van der Waals surface area contributed by atoms with Crippen molar-refractivity contribution in [2.75, 3.05) is 0 Å². The van der Waals surface area contributed by atoms with Crippen molar-refractivity contribution >= 4 is 11.7 Å². The van der Waals surface area contributed by atoms with Gasteiger partial charge in [-0.15, -0.1) is 5.11 Å². The number of esters is 1. The van der Waals surface area contributed by atoms with Crippen LogP contribution in [0.15, 0.2) is 77.7 Å². The van der Waals surface area contributed by atoms with Crippen molar-refractivity contribution in [3.8, 4) is 5.75 Å². The van der Waals surface area contributed by atoms with Crippen LogP contribution < -0.4 is 5.73 Å². The van der Waals surface area contributed by atoms with Crippen LogP contribution in [0, 0.1) is 0 Å². The molecular formula is C25H33N3O3. The Balaban J connectivity index is 2.03. The topological polar surface area (TPSA) is 97.3 Å². The highest BCUT2D eigenvalue weighted by Gasteiger charge is 2.21. The largest absolute Gasteiger partial charge is 0.506 e. The van der Waals surface area contributed by atoms with Gasteiger partial charge in [0, 0.05) is 0 Å². The SMILES string of the molecule is C=C/C=C\C(=C/C=C)N=Nc1cc(CC(N)C(=O)OC2CCCCCCC2)ccc1O. The number of hydrogen-bond acceptors (Lipinski definition) is 6. The van der Waals surface area contributed by atoms with Gasteiger partial charge in [0.2, 0.25) is 0 Å². The Morgan fingerprint density at radius 2 is 1.90 bits per heavy atom. The molecule has 0 aliphatic heterocycles. The minimum absolute atomic E-state index is 0.0103. The summed E-state index contributed by atoms with van der Waals surface area (Å²) in [5, 5.41) is 18.4. The Kier molecular flexibility index (Phi) is 10.4. The number of nitrogens with zero attached hydrogens (tertiary/aromatic N) is 2. The third-order valence-corrected chi connectivity index (χ3v) is 5.10. The summed E-state index contributed by atoms with van der Waals surface area (Å²) >= 11 is 0. The van der Waals surface area contributed by atoms with Gasteiger partial charge in [0.05, 0.1) is 5.70 Å². The molecule has 1 aromatic rings. The highest BCUT2D eigenvalue weighted by molar-refractivity contribution is 5.76. The molecule has 6 nitrogen and oxygen atoms in total. The van der Waals surface area contributed by atoms with Gasteiger partial charge < -0.3 is 15.6 Å². The number of rotatable bonds is 9. The number of carbonyl (C=O) groups excluding carboxylic acids is 1. The molecule has 1 aromatic carbocycles. The molecule has 1 unspecified atom stereocenters. The molecule has 31 heavy (non-hydrogen) atoms. The molecule has 1 saturated carbocycles. The number of aromatic hydroxyl groups is 1. The summed E-state index contributed by atoms with van der Waals surface area (Å²) in [6.45, 7) is 7.27. The van der Waals surface area contributed by atoms with Crippen LogP contribution in [0.25, 0.3) is 0 Å². The standard InChI is InChI=1S/C25H33N3O3/c1-3-5-12-20(11-4-2)27-28-23-18-19(15-16-24(23)29)17-22(26)25(30)31-21-13-9-7-6-8-10-14-21/h3-5,11-12,15-16,18,21-22,29H,1-2,6-10,13-14,17,26H2/b12-5-,20-11+,28-27?. The van der Waals surface area contributed by atoms with E-state index in [-0.39, 0.29) is 17.8 Å². The van der Waals surface area contributed by atoms with E-state index < -0.39 is 6.04 Å². The van der Waals surface area contributed by atoms with Crippen LogP contribution in [0.4, 0.5) is 5.69 Å². The fraction of sp³-hybridized carbons (Fsp3) is 0.400. The van der Waals surface area contributed by atoms with Crippen LogP contribution >= 0.6 is 0 Å². The van der Waals surface area contributed by atoms with Crippen molar-refractivity contribution < 1.29 is 14.6 Å². The summed E-state index contributed by atoms with van der Waals surface area (Å²) in [6.07, 6.45) is 16.2. The fourth-order valence-corrected chi connectivity index (χ4v) is 3.42. The Morgan fingerprint density at radius 1 is 1.19 bits per heavy atom. The summed E-state index contributed by atoms with van der Waals surface area (Å²) in [4.78, 5) is 12.5. The van der Waals surface area contributed by atoms with Crippen LogP contribution in [0.1, 0.15) is 50.5 Å². The molecule has 2 rings (SSSR count). The van der Waals surface area contributed by atoms with Gasteiger partial charge in [-0.3, -0.25) is 4.79 Å². The Bertz CT molecular complexity index is 834. The van der Waals surface area contributed by atoms with Gasteiger partial charge in [0.15, 0.2) is 0 Å². The lowest BCUT2D eigenvalue weighted by Crippen LogP contribution is -2.37. The zero-order valence-electron chi connectivity index (χ0n) is 18.1. The first-order chi connectivity index (χ1) is 15.0. The average molecular weight is 424 g/mol. The van der Waals surface area contributed by atoms with Crippen molar-refractivity contribution in [3.63, 3.8) is 0 Å². The van der Waals surface area contributed by atoms with Crippen LogP contribution in [0.3, 0.4) is 0 Å². The molecule has 1 atom stereocenters. The number of hydrogen-bond donors (Lipinski definition) is 2. The first kappa shape index (κ1) is 24.3. The van der Waals surface area contributed by atoms with E-state index >= 15 is 0 Å². The van der Waals surface area contributed by atoms with Gasteiger partial charge in [0.25, 0.3) is 0 Å². The summed E-state index contributed by atoms with van der Waals surface area (Å²) in [6, 6.07) is 4.14. The Labute approximate surface area is 184 Å². The molecule has 0 bridgehead atoms. The zero-order valence-corrected chi connectivity index (χ0v) is 18.1. The monoisotopic (exact) mass is 423 g/mol. The number of phenols is 1. The molecule has 3 N–H and O–H groups in total. The van der Waals surface area contributed by atoms with Gasteiger partial charge in [-0.05, 0) is 62.0 Å². The number of phenolic OH excluding ortho intramolecular Hbond substituents is 1. The van der Waals surface area contributed by atoms with Crippen molar-refractivity contribution in [1.29, 1.82) is 0 Å². The highest BCUT2D eigenvalue weighted by Crippen LogP contribution is 2.29. The highest BCUT2D eigenvalue weighted by atomic mass is 16.5. The second-order valence-corrected chi connectivity index (χ2v) is 7.66. The van der Waals surface area contributed by atoms with E-state index in [0.29, 0.717) is 17.8 Å². The number of carbonyl (C=O) groups is 1. The summed E-state index contributed by atoms with van der Waals surface area (Å²) < 4.78 is 5.67. The van der Waals surface area contributed by atoms with Gasteiger partial charge in [-0.25, -0.2) is 0 Å². The van der Waals surface area contributed by atoms with Crippen molar-refractivity contribution in [1.82, 2.24) is 0 Å². The quantitative estimate of drug-likeness (QED) is 0.297. The van der Waals surface area contributed by atoms with E-state index in [1.54, 1.807) is 42.5 Å². The Hall–Kier alpha value is -2.99. The molecule has 1 aliphatic rings. The number of allylic oxidation sites excluding steroid dienone is 5. The molecule has 0 heterocycles. The van der Waals surface area contributed by atoms with E-state index in [1.165, 1.54) is 25.3 Å². The molecule has 166 valence electrons. The minimum atomic E-state index is -0.772. The summed E-state index contributed by atoms with van der Waals surface area (Å²) in [5.74, 6) is -0.392. The first-order valence-electron chi connectivity index (χ1n) is 10.8. The lowest BCUT2D eigenvalue weighted by Gasteiger charge is -2.22. The second-order valence-electron chi connectivity index (χ2n) is 7.66. The molecule has 0 spiro atoms. The lowest BCUT2D eigenvalue weighted by molar-refractivity contribution is -0.151. The number of azo groups is 1. The lowest BCUT2D eigenvalue weighted by atomic mass is 9.98. The first-order valence-corrected chi connectivity index (χ1v) is 10.8. The Morgan fingerprint density at radius 3 is 2.58 bits per heavy atom. The molecule has 0 radical (unpaired) electrons. The second kappa shape index (κ2) is 13.3. The third kappa shape index (κ3) is 8.72. The van der Waals surface area contributed by atoms with Crippen molar-refractivity contribution in [2.45, 2.75) is 63.5 Å². The zero-order chi connectivity index (χ0) is 22.5. The number of benzene rings is 1. The van der Waals surface area contributed by atoms with Crippen LogP contribution in [-0.2, 0) is 16.0 Å². The smallest absolute Gasteiger partial charge is 0.323 e. The van der Waals surface area contributed by atoms with Gasteiger partial charge >= 0.3 is 5.97 Å². The van der Waals surface area contributed by atoms with Crippen molar-refractivity contribution in [2.24, 2.45) is 16.0 Å². The fourth-order valence-electron chi connectivity index (χ4n) is 3.42. The predicted octanol–water partition coefficient (Wildman–Crippen LogP) is 5.81. The molecule has 0 aromatic heterocycles.